The minimum Gasteiger partial charge on any atom is -0.484 e. The maximum atomic E-state index is 15.3. The molecule has 7 heteroatoms. The largest absolute Gasteiger partial charge is 0.484 e. The number of urea groups is 1. The summed E-state index contributed by atoms with van der Waals surface area (Å²) < 4.78 is 21.6. The van der Waals surface area contributed by atoms with Crippen LogP contribution in [0, 0.1) is 12.7 Å². The van der Waals surface area contributed by atoms with Crippen molar-refractivity contribution < 1.29 is 18.8 Å². The first-order chi connectivity index (χ1) is 15.5. The van der Waals surface area contributed by atoms with Gasteiger partial charge in [-0.05, 0) is 60.2 Å². The molecular weight excluding hydrogens is 409 g/mol. The third-order valence-electron chi connectivity index (χ3n) is 6.78. The van der Waals surface area contributed by atoms with Gasteiger partial charge in [-0.3, -0.25) is 9.82 Å². The summed E-state index contributed by atoms with van der Waals surface area (Å²) in [4.78, 5) is 22.9. The monoisotopic (exact) mass is 435 g/mol. The van der Waals surface area contributed by atoms with Gasteiger partial charge >= 0.3 is 6.03 Å². The maximum Gasteiger partial charge on any atom is 0.341 e. The van der Waals surface area contributed by atoms with E-state index in [-0.39, 0.29) is 11.8 Å². The van der Waals surface area contributed by atoms with E-state index in [2.05, 4.69) is 10.5 Å². The van der Waals surface area contributed by atoms with Crippen LogP contribution in [0.3, 0.4) is 0 Å². The van der Waals surface area contributed by atoms with E-state index in [1.54, 1.807) is 17.2 Å². The number of piperidine rings is 1. The lowest BCUT2D eigenvalue weighted by molar-refractivity contribution is -0.0135. The Kier molecular flexibility index (Phi) is 5.21. The molecule has 0 atom stereocenters. The Morgan fingerprint density at radius 3 is 2.81 bits per heavy atom. The molecule has 2 aliphatic rings. The number of amides is 2. The van der Waals surface area contributed by atoms with Crippen molar-refractivity contribution in [2.45, 2.75) is 38.2 Å². The first-order valence-electron chi connectivity index (χ1n) is 10.9. The van der Waals surface area contributed by atoms with Crippen LogP contribution in [-0.2, 0) is 11.3 Å². The summed E-state index contributed by atoms with van der Waals surface area (Å²) in [6, 6.07) is 11.4. The standard InChI is InChI=1S/C25H26FN3O3/c1-16-20(6-5-17-4-3-11-27-22(16)17)19-14-18-7-8-25(32-23(18)21(26)15-19)9-12-29(13-10-25)24(30)28-31-2/h3-6,11,14-15H,7-10,12-13H2,1-2H3,(H,28,30). The van der Waals surface area contributed by atoms with E-state index >= 15 is 4.39 Å². The minimum atomic E-state index is -0.429. The fraction of sp³-hybridized carbons (Fsp3) is 0.360. The number of nitrogens with zero attached hydrogens (tertiary/aromatic N) is 2. The number of fused-ring (bicyclic) bond motifs is 2. The number of benzene rings is 2. The molecule has 0 unspecified atom stereocenters. The molecule has 2 aliphatic heterocycles. The first kappa shape index (κ1) is 20.7. The topological polar surface area (TPSA) is 63.7 Å². The number of likely N-dealkylation sites (tertiary alicyclic amines) is 1. The number of pyridine rings is 1. The lowest BCUT2D eigenvalue weighted by atomic mass is 9.82. The summed E-state index contributed by atoms with van der Waals surface area (Å²) in [5.74, 6) is 0.0167. The van der Waals surface area contributed by atoms with Crippen LogP contribution in [-0.4, -0.2) is 41.7 Å². The lowest BCUT2D eigenvalue weighted by Gasteiger charge is -2.44. The normalized spacial score (nSPS) is 17.2. The Morgan fingerprint density at radius 1 is 1.22 bits per heavy atom. The van der Waals surface area contributed by atoms with Crippen LogP contribution in [0.25, 0.3) is 22.0 Å². The Labute approximate surface area is 186 Å². The van der Waals surface area contributed by atoms with E-state index in [9.17, 15) is 4.79 Å². The second kappa shape index (κ2) is 8.06. The number of carbonyl (C=O) groups excluding carboxylic acids is 1. The fourth-order valence-electron chi connectivity index (χ4n) is 4.96. The van der Waals surface area contributed by atoms with E-state index in [1.165, 1.54) is 7.11 Å². The van der Waals surface area contributed by atoms with Crippen molar-refractivity contribution in [3.8, 4) is 16.9 Å². The molecule has 1 spiro atoms. The van der Waals surface area contributed by atoms with Gasteiger partial charge in [0.25, 0.3) is 0 Å². The van der Waals surface area contributed by atoms with Crippen LogP contribution >= 0.6 is 0 Å². The zero-order chi connectivity index (χ0) is 22.3. The second-order valence-corrected chi connectivity index (χ2v) is 8.64. The van der Waals surface area contributed by atoms with Crippen LogP contribution in [0.2, 0.25) is 0 Å². The van der Waals surface area contributed by atoms with E-state index in [0.717, 1.165) is 46.0 Å². The number of aromatic nitrogens is 1. The van der Waals surface area contributed by atoms with E-state index in [0.29, 0.717) is 31.7 Å². The van der Waals surface area contributed by atoms with E-state index < -0.39 is 5.60 Å². The summed E-state index contributed by atoms with van der Waals surface area (Å²) in [7, 11) is 1.41. The predicted octanol–water partition coefficient (Wildman–Crippen LogP) is 4.78. The Hall–Kier alpha value is -3.19. The van der Waals surface area contributed by atoms with Gasteiger partial charge in [0, 0.05) is 37.5 Å². The zero-order valence-corrected chi connectivity index (χ0v) is 18.3. The number of hydroxylamine groups is 1. The summed E-state index contributed by atoms with van der Waals surface area (Å²) in [6.07, 6.45) is 4.67. The van der Waals surface area contributed by atoms with Crippen molar-refractivity contribution in [1.29, 1.82) is 0 Å². The van der Waals surface area contributed by atoms with E-state index in [1.807, 2.05) is 37.3 Å². The molecule has 1 fully saturated rings. The van der Waals surface area contributed by atoms with Gasteiger partial charge in [-0.1, -0.05) is 18.2 Å². The van der Waals surface area contributed by atoms with Gasteiger partial charge in [0.15, 0.2) is 11.6 Å². The molecule has 32 heavy (non-hydrogen) atoms. The van der Waals surface area contributed by atoms with Gasteiger partial charge in [0.05, 0.1) is 12.6 Å². The highest BCUT2D eigenvalue weighted by Gasteiger charge is 2.41. The molecular formula is C25H26FN3O3. The van der Waals surface area contributed by atoms with Crippen molar-refractivity contribution >= 4 is 16.9 Å². The van der Waals surface area contributed by atoms with Crippen LogP contribution in [0.15, 0.2) is 42.6 Å². The SMILES string of the molecule is CONC(=O)N1CCC2(CCc3cc(-c4ccc5cccnc5c4C)cc(F)c3O2)CC1. The molecule has 0 radical (unpaired) electrons. The summed E-state index contributed by atoms with van der Waals surface area (Å²) in [5.41, 5.74) is 6.61. The quantitative estimate of drug-likeness (QED) is 0.589. The number of halogens is 1. The average molecular weight is 435 g/mol. The third-order valence-corrected chi connectivity index (χ3v) is 6.78. The Morgan fingerprint density at radius 2 is 2.03 bits per heavy atom. The molecule has 6 nitrogen and oxygen atoms in total. The van der Waals surface area contributed by atoms with Crippen molar-refractivity contribution in [2.75, 3.05) is 20.2 Å². The Balaban J connectivity index is 1.41. The molecule has 0 aliphatic carbocycles. The third kappa shape index (κ3) is 3.56. The molecule has 1 saturated heterocycles. The predicted molar refractivity (Wildman–Crippen MR) is 120 cm³/mol. The van der Waals surface area contributed by atoms with Crippen molar-refractivity contribution in [1.82, 2.24) is 15.4 Å². The Bertz CT molecular complexity index is 1190. The van der Waals surface area contributed by atoms with Gasteiger partial charge in [-0.15, -0.1) is 0 Å². The average Bonchev–Trinajstić information content (AvgIpc) is 2.81. The van der Waals surface area contributed by atoms with Gasteiger partial charge in [-0.25, -0.2) is 14.7 Å². The smallest absolute Gasteiger partial charge is 0.341 e. The van der Waals surface area contributed by atoms with Crippen molar-refractivity contribution in [2.24, 2.45) is 0 Å². The summed E-state index contributed by atoms with van der Waals surface area (Å²) >= 11 is 0. The van der Waals surface area contributed by atoms with Gasteiger partial charge in [0.2, 0.25) is 0 Å². The molecule has 166 valence electrons. The molecule has 1 N–H and O–H groups in total. The highest BCUT2D eigenvalue weighted by Crippen LogP contribution is 2.43. The number of carbonyl (C=O) groups is 1. The van der Waals surface area contributed by atoms with Crippen molar-refractivity contribution in [3.63, 3.8) is 0 Å². The number of aryl methyl sites for hydroxylation is 2. The molecule has 1 aromatic heterocycles. The fourth-order valence-corrected chi connectivity index (χ4v) is 4.96. The van der Waals surface area contributed by atoms with Crippen LogP contribution < -0.4 is 10.2 Å². The van der Waals surface area contributed by atoms with Gasteiger partial charge in [0.1, 0.15) is 5.60 Å². The van der Waals surface area contributed by atoms with Gasteiger partial charge < -0.3 is 9.64 Å². The van der Waals surface area contributed by atoms with Crippen LogP contribution in [0.1, 0.15) is 30.4 Å². The highest BCUT2D eigenvalue weighted by molar-refractivity contribution is 5.88. The van der Waals surface area contributed by atoms with E-state index in [4.69, 9.17) is 9.57 Å². The van der Waals surface area contributed by atoms with Crippen molar-refractivity contribution in [3.05, 3.63) is 59.5 Å². The molecule has 2 aromatic carbocycles. The molecule has 3 aromatic rings. The number of nitrogens with one attached hydrogen (secondary N) is 1. The molecule has 5 rings (SSSR count). The molecule has 3 heterocycles. The van der Waals surface area contributed by atoms with Crippen LogP contribution in [0.5, 0.6) is 5.75 Å². The first-order valence-corrected chi connectivity index (χ1v) is 10.9. The van der Waals surface area contributed by atoms with Gasteiger partial charge in [-0.2, -0.15) is 0 Å². The number of rotatable bonds is 2. The molecule has 0 saturated carbocycles. The number of ether oxygens (including phenoxy) is 1. The lowest BCUT2D eigenvalue weighted by Crippen LogP contribution is -2.53. The molecule has 2 amide bonds. The second-order valence-electron chi connectivity index (χ2n) is 8.64. The molecule has 0 bridgehead atoms. The number of hydrogen-bond acceptors (Lipinski definition) is 4. The zero-order valence-electron chi connectivity index (χ0n) is 18.3. The minimum absolute atomic E-state index is 0.255. The summed E-state index contributed by atoms with van der Waals surface area (Å²) in [6.45, 7) is 3.13. The highest BCUT2D eigenvalue weighted by atomic mass is 19.1. The van der Waals surface area contributed by atoms with Crippen LogP contribution in [0.4, 0.5) is 9.18 Å². The maximum absolute atomic E-state index is 15.3. The number of hydrogen-bond donors (Lipinski definition) is 1. The summed E-state index contributed by atoms with van der Waals surface area (Å²) in [5, 5.41) is 1.07.